The Bertz CT molecular complexity index is 638. The van der Waals surface area contributed by atoms with E-state index in [0.717, 1.165) is 5.56 Å². The van der Waals surface area contributed by atoms with Crippen LogP contribution in [-0.4, -0.2) is 30.0 Å². The molecule has 1 aromatic heterocycles. The summed E-state index contributed by atoms with van der Waals surface area (Å²) in [6.45, 7) is 3.39. The van der Waals surface area contributed by atoms with Gasteiger partial charge in [0, 0.05) is 6.54 Å². The molecule has 2 atom stereocenters. The zero-order valence-electron chi connectivity index (χ0n) is 12.6. The molecule has 0 aliphatic carbocycles. The van der Waals surface area contributed by atoms with Gasteiger partial charge >= 0.3 is 0 Å². The van der Waals surface area contributed by atoms with Crippen molar-refractivity contribution in [3.63, 3.8) is 0 Å². The van der Waals surface area contributed by atoms with Crippen LogP contribution >= 0.6 is 0 Å². The third-order valence-electron chi connectivity index (χ3n) is 3.82. The summed E-state index contributed by atoms with van der Waals surface area (Å²) in [6.07, 6.45) is 1.36. The number of benzene rings is 1. The molecule has 1 aliphatic heterocycles. The molecule has 3 rings (SSSR count). The molecule has 5 nitrogen and oxygen atoms in total. The highest BCUT2D eigenvalue weighted by Gasteiger charge is 2.30. The molecule has 22 heavy (non-hydrogen) atoms. The highest BCUT2D eigenvalue weighted by atomic mass is 16.5. The summed E-state index contributed by atoms with van der Waals surface area (Å²) in [5, 5.41) is 0. The van der Waals surface area contributed by atoms with Crippen LogP contribution < -0.4 is 5.73 Å². The Hall–Kier alpha value is -2.11. The molecular formula is C17H20N2O3. The van der Waals surface area contributed by atoms with E-state index < -0.39 is 0 Å². The van der Waals surface area contributed by atoms with Gasteiger partial charge in [-0.05, 0) is 18.6 Å². The second-order valence-corrected chi connectivity index (χ2v) is 5.56. The normalized spacial score (nSPS) is 21.8. The number of hydrogen-bond acceptors (Lipinski definition) is 4. The van der Waals surface area contributed by atoms with Gasteiger partial charge in [-0.3, -0.25) is 4.79 Å². The lowest BCUT2D eigenvalue weighted by atomic mass is 10.1. The molecule has 2 N–H and O–H groups in total. The van der Waals surface area contributed by atoms with E-state index in [4.69, 9.17) is 14.9 Å². The molecule has 2 heterocycles. The largest absolute Gasteiger partial charge is 0.467 e. The maximum absolute atomic E-state index is 12.6. The molecule has 1 aliphatic rings. The number of furan rings is 1. The topological polar surface area (TPSA) is 68.7 Å². The van der Waals surface area contributed by atoms with Gasteiger partial charge in [-0.15, -0.1) is 0 Å². The Morgan fingerprint density at radius 2 is 2.09 bits per heavy atom. The van der Waals surface area contributed by atoms with Crippen molar-refractivity contribution in [2.45, 2.75) is 25.7 Å². The summed E-state index contributed by atoms with van der Waals surface area (Å²) in [5.41, 5.74) is 7.15. The number of amides is 1. The molecule has 1 saturated heterocycles. The Morgan fingerprint density at radius 1 is 1.32 bits per heavy atom. The van der Waals surface area contributed by atoms with Crippen LogP contribution in [0.1, 0.15) is 34.7 Å². The maximum Gasteiger partial charge on any atom is 0.257 e. The standard InChI is InChI=1S/C17H20N2O3/c1-12-9-19(17(20)14-7-15(8-18)21-11-14)10-16(22-12)13-5-3-2-4-6-13/h2-7,11-12,16H,8-10,18H2,1H3. The average molecular weight is 300 g/mol. The fourth-order valence-electron chi connectivity index (χ4n) is 2.75. The predicted octanol–water partition coefficient (Wildman–Crippen LogP) is 2.34. The lowest BCUT2D eigenvalue weighted by Gasteiger charge is -2.36. The summed E-state index contributed by atoms with van der Waals surface area (Å²) < 4.78 is 11.2. The maximum atomic E-state index is 12.6. The van der Waals surface area contributed by atoms with E-state index in [1.54, 1.807) is 6.07 Å². The van der Waals surface area contributed by atoms with Gasteiger partial charge in [-0.25, -0.2) is 0 Å². The van der Waals surface area contributed by atoms with Crippen LogP contribution in [0.3, 0.4) is 0 Å². The first-order chi connectivity index (χ1) is 10.7. The highest BCUT2D eigenvalue weighted by Crippen LogP contribution is 2.26. The van der Waals surface area contributed by atoms with E-state index in [9.17, 15) is 4.79 Å². The monoisotopic (exact) mass is 300 g/mol. The Morgan fingerprint density at radius 3 is 2.77 bits per heavy atom. The molecule has 0 saturated carbocycles. The molecular weight excluding hydrogens is 280 g/mol. The minimum absolute atomic E-state index is 0.0104. The number of carbonyl (C=O) groups excluding carboxylic acids is 1. The lowest BCUT2D eigenvalue weighted by Crippen LogP contribution is -2.45. The summed E-state index contributed by atoms with van der Waals surface area (Å²) >= 11 is 0. The van der Waals surface area contributed by atoms with Gasteiger partial charge in [-0.1, -0.05) is 30.3 Å². The average Bonchev–Trinajstić information content (AvgIpc) is 3.03. The molecule has 116 valence electrons. The van der Waals surface area contributed by atoms with Crippen LogP contribution in [0, 0.1) is 0 Å². The van der Waals surface area contributed by atoms with Crippen LogP contribution in [0.15, 0.2) is 47.1 Å². The summed E-state index contributed by atoms with van der Waals surface area (Å²) in [7, 11) is 0. The van der Waals surface area contributed by atoms with Crippen molar-refractivity contribution >= 4 is 5.91 Å². The lowest BCUT2D eigenvalue weighted by molar-refractivity contribution is -0.0691. The highest BCUT2D eigenvalue weighted by molar-refractivity contribution is 5.94. The minimum atomic E-state index is -0.102. The number of nitrogens with two attached hydrogens (primary N) is 1. The third kappa shape index (κ3) is 3.05. The predicted molar refractivity (Wildman–Crippen MR) is 82.2 cm³/mol. The first-order valence-electron chi connectivity index (χ1n) is 7.44. The van der Waals surface area contributed by atoms with Gasteiger partial charge in [0.25, 0.3) is 5.91 Å². The number of ether oxygens (including phenoxy) is 1. The van der Waals surface area contributed by atoms with Crippen LogP contribution in [0.4, 0.5) is 0 Å². The molecule has 0 radical (unpaired) electrons. The third-order valence-corrected chi connectivity index (χ3v) is 3.82. The van der Waals surface area contributed by atoms with Crippen molar-refractivity contribution in [2.75, 3.05) is 13.1 Å². The molecule has 2 unspecified atom stereocenters. The Balaban J connectivity index is 1.77. The van der Waals surface area contributed by atoms with Gasteiger partial charge in [0.05, 0.1) is 24.8 Å². The fraction of sp³-hybridized carbons (Fsp3) is 0.353. The van der Waals surface area contributed by atoms with Gasteiger partial charge in [0.1, 0.15) is 18.1 Å². The summed E-state index contributed by atoms with van der Waals surface area (Å²) in [5.74, 6) is 0.573. The zero-order chi connectivity index (χ0) is 15.5. The quantitative estimate of drug-likeness (QED) is 0.944. The van der Waals surface area contributed by atoms with E-state index in [2.05, 4.69) is 0 Å². The van der Waals surface area contributed by atoms with Crippen LogP contribution in [0.5, 0.6) is 0 Å². The van der Waals surface area contributed by atoms with E-state index in [1.165, 1.54) is 6.26 Å². The van der Waals surface area contributed by atoms with E-state index >= 15 is 0 Å². The van der Waals surface area contributed by atoms with Crippen molar-refractivity contribution in [3.8, 4) is 0 Å². The molecule has 1 fully saturated rings. The number of hydrogen-bond donors (Lipinski definition) is 1. The van der Waals surface area contributed by atoms with Crippen molar-refractivity contribution in [3.05, 3.63) is 59.5 Å². The first kappa shape index (κ1) is 14.8. The van der Waals surface area contributed by atoms with E-state index in [-0.39, 0.29) is 18.1 Å². The van der Waals surface area contributed by atoms with Gasteiger partial charge in [0.2, 0.25) is 0 Å². The van der Waals surface area contributed by atoms with Crippen LogP contribution in [-0.2, 0) is 11.3 Å². The van der Waals surface area contributed by atoms with Crippen molar-refractivity contribution < 1.29 is 13.9 Å². The number of morpholine rings is 1. The summed E-state index contributed by atoms with van der Waals surface area (Å²) in [4.78, 5) is 14.4. The Labute approximate surface area is 129 Å². The van der Waals surface area contributed by atoms with Crippen molar-refractivity contribution in [1.82, 2.24) is 4.90 Å². The van der Waals surface area contributed by atoms with Gasteiger partial charge < -0.3 is 19.8 Å². The molecule has 1 amide bonds. The molecule has 1 aromatic carbocycles. The molecule has 2 aromatic rings. The van der Waals surface area contributed by atoms with Crippen LogP contribution in [0.25, 0.3) is 0 Å². The van der Waals surface area contributed by atoms with Crippen molar-refractivity contribution in [2.24, 2.45) is 5.73 Å². The van der Waals surface area contributed by atoms with Gasteiger partial charge in [0.15, 0.2) is 0 Å². The second kappa shape index (κ2) is 6.34. The molecule has 5 heteroatoms. The van der Waals surface area contributed by atoms with Crippen LogP contribution in [0.2, 0.25) is 0 Å². The van der Waals surface area contributed by atoms with E-state index in [1.807, 2.05) is 42.2 Å². The minimum Gasteiger partial charge on any atom is -0.467 e. The smallest absolute Gasteiger partial charge is 0.257 e. The SMILES string of the molecule is CC1CN(C(=O)c2coc(CN)c2)CC(c2ccccc2)O1. The summed E-state index contributed by atoms with van der Waals surface area (Å²) in [6, 6.07) is 11.7. The fourth-order valence-corrected chi connectivity index (χ4v) is 2.75. The first-order valence-corrected chi connectivity index (χ1v) is 7.44. The zero-order valence-corrected chi connectivity index (χ0v) is 12.6. The van der Waals surface area contributed by atoms with Crippen molar-refractivity contribution in [1.29, 1.82) is 0 Å². The Kier molecular flexibility index (Phi) is 4.27. The molecule has 0 bridgehead atoms. The number of nitrogens with zero attached hydrogens (tertiary/aromatic N) is 1. The number of carbonyl (C=O) groups is 1. The van der Waals surface area contributed by atoms with Gasteiger partial charge in [-0.2, -0.15) is 0 Å². The van der Waals surface area contributed by atoms with E-state index in [0.29, 0.717) is 31.0 Å². The number of rotatable bonds is 3. The molecule has 0 spiro atoms. The second-order valence-electron chi connectivity index (χ2n) is 5.56.